The topological polar surface area (TPSA) is 81.8 Å². The Labute approximate surface area is 63.9 Å². The normalized spacial score (nSPS) is 17.0. The van der Waals surface area contributed by atoms with E-state index in [9.17, 15) is 8.42 Å². The van der Waals surface area contributed by atoms with Gasteiger partial charge >= 0.3 is 5.23 Å². The second-order valence-electron chi connectivity index (χ2n) is 1.73. The molecule has 0 fully saturated rings. The Morgan fingerprint density at radius 2 is 2.18 bits per heavy atom. The summed E-state index contributed by atoms with van der Waals surface area (Å²) in [5.41, 5.74) is 0. The lowest BCUT2D eigenvalue weighted by Crippen LogP contribution is -2.24. The summed E-state index contributed by atoms with van der Waals surface area (Å²) in [5.74, 6) is 0. The molecule has 1 aliphatic rings. The van der Waals surface area contributed by atoms with Crippen LogP contribution < -0.4 is 5.14 Å². The number of allylic oxidation sites excluding steroid dienone is 2. The van der Waals surface area contributed by atoms with Gasteiger partial charge in [0.2, 0.25) is 0 Å². The molecule has 0 saturated carbocycles. The molecule has 0 unspecified atom stereocenters. The van der Waals surface area contributed by atoms with Crippen LogP contribution in [0.25, 0.3) is 0 Å². The standard InChI is InChI=1S/C5H6N2O3S/c6-11(8,9)5-7-3-1-2-4-10-5/h1-4H,(H2,6,8,9). The van der Waals surface area contributed by atoms with E-state index in [1.54, 1.807) is 0 Å². The third-order valence-corrected chi connectivity index (χ3v) is 1.56. The highest BCUT2D eigenvalue weighted by Gasteiger charge is 2.14. The first-order chi connectivity index (χ1) is 5.11. The molecule has 1 rings (SSSR count). The van der Waals surface area contributed by atoms with Crippen LogP contribution in [0.5, 0.6) is 0 Å². The highest BCUT2D eigenvalue weighted by atomic mass is 32.2. The van der Waals surface area contributed by atoms with E-state index in [2.05, 4.69) is 9.73 Å². The summed E-state index contributed by atoms with van der Waals surface area (Å²) in [4.78, 5) is 3.43. The molecule has 11 heavy (non-hydrogen) atoms. The largest absolute Gasteiger partial charge is 0.437 e. The van der Waals surface area contributed by atoms with E-state index in [0.717, 1.165) is 0 Å². The zero-order chi connectivity index (χ0) is 8.32. The van der Waals surface area contributed by atoms with Gasteiger partial charge in [-0.25, -0.2) is 18.5 Å². The Kier molecular flexibility index (Phi) is 2.06. The average Bonchev–Trinajstić information content (AvgIpc) is 2.10. The maximum Gasteiger partial charge on any atom is 0.330 e. The molecular weight excluding hydrogens is 168 g/mol. The lowest BCUT2D eigenvalue weighted by Gasteiger charge is -1.97. The quantitative estimate of drug-likeness (QED) is 0.546. The smallest absolute Gasteiger partial charge is 0.330 e. The number of nitrogens with two attached hydrogens (primary N) is 1. The molecule has 1 aliphatic heterocycles. The van der Waals surface area contributed by atoms with Crippen LogP contribution in [-0.2, 0) is 14.8 Å². The second kappa shape index (κ2) is 2.85. The van der Waals surface area contributed by atoms with E-state index in [1.807, 2.05) is 0 Å². The van der Waals surface area contributed by atoms with Gasteiger partial charge in [-0.1, -0.05) is 0 Å². The summed E-state index contributed by atoms with van der Waals surface area (Å²) in [6.45, 7) is 0. The first-order valence-corrected chi connectivity index (χ1v) is 4.24. The molecule has 0 saturated heterocycles. The van der Waals surface area contributed by atoms with E-state index < -0.39 is 15.3 Å². The molecule has 0 atom stereocenters. The molecule has 0 bridgehead atoms. The molecule has 2 N–H and O–H groups in total. The first kappa shape index (κ1) is 7.96. The molecule has 6 heteroatoms. The third kappa shape index (κ3) is 2.17. The van der Waals surface area contributed by atoms with Gasteiger partial charge in [0.25, 0.3) is 10.0 Å². The lowest BCUT2D eigenvalue weighted by molar-refractivity contribution is 0.478. The van der Waals surface area contributed by atoms with Gasteiger partial charge in [-0.2, -0.15) is 0 Å². The van der Waals surface area contributed by atoms with Gasteiger partial charge in [0.05, 0.1) is 6.26 Å². The zero-order valence-electron chi connectivity index (χ0n) is 5.47. The molecule has 0 aromatic rings. The van der Waals surface area contributed by atoms with E-state index in [1.165, 1.54) is 24.6 Å². The molecule has 0 amide bonds. The van der Waals surface area contributed by atoms with Crippen LogP contribution in [0, 0.1) is 0 Å². The van der Waals surface area contributed by atoms with Crippen LogP contribution in [0.1, 0.15) is 0 Å². The van der Waals surface area contributed by atoms with Crippen LogP contribution in [0.4, 0.5) is 0 Å². The number of ether oxygens (including phenoxy) is 1. The summed E-state index contributed by atoms with van der Waals surface area (Å²) >= 11 is 0. The predicted octanol–water partition coefficient (Wildman–Crippen LogP) is -0.311. The molecule has 0 aliphatic carbocycles. The van der Waals surface area contributed by atoms with Gasteiger partial charge in [0.1, 0.15) is 0 Å². The van der Waals surface area contributed by atoms with Crippen LogP contribution in [0.3, 0.4) is 0 Å². The van der Waals surface area contributed by atoms with E-state index in [4.69, 9.17) is 5.14 Å². The summed E-state index contributed by atoms with van der Waals surface area (Å²) in [6.07, 6.45) is 5.50. The minimum Gasteiger partial charge on any atom is -0.437 e. The highest BCUT2D eigenvalue weighted by Crippen LogP contribution is 1.96. The minimum absolute atomic E-state index is 0.498. The third-order valence-electron chi connectivity index (χ3n) is 0.868. The monoisotopic (exact) mass is 174 g/mol. The van der Waals surface area contributed by atoms with E-state index in [0.29, 0.717) is 0 Å². The number of hydrogen-bond donors (Lipinski definition) is 1. The summed E-state index contributed by atoms with van der Waals surface area (Å²) in [7, 11) is -3.82. The fourth-order valence-corrected chi connectivity index (χ4v) is 0.865. The summed E-state index contributed by atoms with van der Waals surface area (Å²) < 4.78 is 25.7. The number of primary sulfonamides is 1. The number of aliphatic imine (C=N–C) groups is 1. The van der Waals surface area contributed by atoms with Crippen molar-refractivity contribution in [2.45, 2.75) is 0 Å². The van der Waals surface area contributed by atoms with E-state index >= 15 is 0 Å². The Balaban J connectivity index is 2.99. The molecular formula is C5H6N2O3S. The van der Waals surface area contributed by atoms with Crippen molar-refractivity contribution in [3.05, 3.63) is 24.6 Å². The van der Waals surface area contributed by atoms with E-state index in [-0.39, 0.29) is 0 Å². The van der Waals surface area contributed by atoms with Crippen molar-refractivity contribution in [3.8, 4) is 0 Å². The Morgan fingerprint density at radius 1 is 1.45 bits per heavy atom. The second-order valence-corrected chi connectivity index (χ2v) is 3.17. The maximum atomic E-state index is 10.6. The molecule has 0 aromatic carbocycles. The molecule has 0 aromatic heterocycles. The first-order valence-electron chi connectivity index (χ1n) is 2.69. The van der Waals surface area contributed by atoms with Crippen molar-refractivity contribution in [3.63, 3.8) is 0 Å². The van der Waals surface area contributed by atoms with Crippen molar-refractivity contribution >= 4 is 15.3 Å². The van der Waals surface area contributed by atoms with Crippen LogP contribution in [0.2, 0.25) is 0 Å². The summed E-state index contributed by atoms with van der Waals surface area (Å²) in [5, 5.41) is 4.23. The van der Waals surface area contributed by atoms with Gasteiger partial charge in [0.15, 0.2) is 0 Å². The minimum atomic E-state index is -3.82. The maximum absolute atomic E-state index is 10.6. The number of hydrogen-bond acceptors (Lipinski definition) is 4. The fraction of sp³-hybridized carbons (Fsp3) is 0. The number of rotatable bonds is 0. The predicted molar refractivity (Wildman–Crippen MR) is 39.9 cm³/mol. The van der Waals surface area contributed by atoms with Crippen molar-refractivity contribution in [2.24, 2.45) is 10.1 Å². The van der Waals surface area contributed by atoms with Crippen molar-refractivity contribution in [1.29, 1.82) is 0 Å². The molecule has 1 heterocycles. The Morgan fingerprint density at radius 3 is 2.82 bits per heavy atom. The summed E-state index contributed by atoms with van der Waals surface area (Å²) in [6, 6.07) is 0. The van der Waals surface area contributed by atoms with Crippen LogP contribution >= 0.6 is 0 Å². The fourth-order valence-electron chi connectivity index (χ4n) is 0.467. The zero-order valence-corrected chi connectivity index (χ0v) is 6.28. The Bertz CT molecular complexity index is 326. The molecule has 0 spiro atoms. The Hall–Kier alpha value is -1.14. The number of sulfonamides is 1. The van der Waals surface area contributed by atoms with Crippen molar-refractivity contribution in [2.75, 3.05) is 0 Å². The van der Waals surface area contributed by atoms with Crippen LogP contribution in [0.15, 0.2) is 29.6 Å². The average molecular weight is 174 g/mol. The van der Waals surface area contributed by atoms with Gasteiger partial charge in [-0.15, -0.1) is 0 Å². The van der Waals surface area contributed by atoms with Gasteiger partial charge in [-0.05, 0) is 12.2 Å². The van der Waals surface area contributed by atoms with Crippen molar-refractivity contribution in [1.82, 2.24) is 0 Å². The molecule has 5 nitrogen and oxygen atoms in total. The van der Waals surface area contributed by atoms with Crippen molar-refractivity contribution < 1.29 is 13.2 Å². The van der Waals surface area contributed by atoms with Gasteiger partial charge in [-0.3, -0.25) is 0 Å². The molecule has 0 radical (unpaired) electrons. The van der Waals surface area contributed by atoms with Gasteiger partial charge < -0.3 is 4.74 Å². The molecule has 60 valence electrons. The SMILES string of the molecule is NS(=O)(=O)C1=NC=CC=CO1. The van der Waals surface area contributed by atoms with Crippen LogP contribution in [-0.4, -0.2) is 13.6 Å². The van der Waals surface area contributed by atoms with Gasteiger partial charge in [0, 0.05) is 6.20 Å². The lowest BCUT2D eigenvalue weighted by atomic mass is 10.6. The highest BCUT2D eigenvalue weighted by molar-refractivity contribution is 8.04. The number of nitrogens with zero attached hydrogens (tertiary/aromatic N) is 1.